The minimum Gasteiger partial charge on any atom is -0.481 e. The minimum absolute atomic E-state index is 0.130. The molecule has 0 amide bonds. The number of aliphatic carboxylic acids is 1. The predicted molar refractivity (Wildman–Crippen MR) is 60.3 cm³/mol. The number of carboxylic acid groups (broad SMARTS) is 1. The number of carboxylic acids is 1. The molecule has 0 aromatic carbocycles. The molecule has 90 valence electrons. The second kappa shape index (κ2) is 4.00. The molecule has 3 rings (SSSR count). The topological polar surface area (TPSA) is 52.6 Å². The van der Waals surface area contributed by atoms with Gasteiger partial charge >= 0.3 is 5.97 Å². The van der Waals surface area contributed by atoms with Crippen molar-refractivity contribution in [3.8, 4) is 0 Å². The summed E-state index contributed by atoms with van der Waals surface area (Å²) in [5, 5.41) is 12.5. The zero-order chi connectivity index (χ0) is 11.1. The number of nitrogens with one attached hydrogen (secondary N) is 1. The van der Waals surface area contributed by atoms with Crippen LogP contribution in [0, 0.1) is 5.92 Å². The summed E-state index contributed by atoms with van der Waals surface area (Å²) >= 11 is 0. The van der Waals surface area contributed by atoms with Crippen molar-refractivity contribution in [3.63, 3.8) is 0 Å². The molecular weight excluding hydrogens is 204 g/mol. The highest BCUT2D eigenvalue weighted by Crippen LogP contribution is 2.32. The number of nitrogens with zero attached hydrogens (tertiary/aromatic N) is 1. The van der Waals surface area contributed by atoms with Crippen LogP contribution in [-0.2, 0) is 4.79 Å². The van der Waals surface area contributed by atoms with Crippen molar-refractivity contribution < 1.29 is 9.90 Å². The molecule has 0 aromatic heterocycles. The summed E-state index contributed by atoms with van der Waals surface area (Å²) in [6.45, 7) is 2.33. The minimum atomic E-state index is -0.624. The summed E-state index contributed by atoms with van der Waals surface area (Å²) in [6.07, 6.45) is 5.82. The van der Waals surface area contributed by atoms with Crippen molar-refractivity contribution in [1.29, 1.82) is 0 Å². The van der Waals surface area contributed by atoms with E-state index in [0.29, 0.717) is 6.04 Å². The summed E-state index contributed by atoms with van der Waals surface area (Å²) < 4.78 is 0. The Kier molecular flexibility index (Phi) is 2.64. The van der Waals surface area contributed by atoms with Crippen LogP contribution < -0.4 is 5.32 Å². The quantitative estimate of drug-likeness (QED) is 0.737. The summed E-state index contributed by atoms with van der Waals surface area (Å²) in [7, 11) is 0. The van der Waals surface area contributed by atoms with Gasteiger partial charge in [-0.2, -0.15) is 0 Å². The van der Waals surface area contributed by atoms with Gasteiger partial charge in [-0.1, -0.05) is 0 Å². The molecule has 0 radical (unpaired) electrons. The normalized spacial score (nSPS) is 39.6. The Morgan fingerprint density at radius 2 is 2.00 bits per heavy atom. The van der Waals surface area contributed by atoms with Crippen LogP contribution in [0.1, 0.15) is 32.1 Å². The molecule has 1 aliphatic heterocycles. The van der Waals surface area contributed by atoms with E-state index in [1.165, 1.54) is 25.8 Å². The van der Waals surface area contributed by atoms with Gasteiger partial charge in [-0.25, -0.2) is 0 Å². The fourth-order valence-corrected chi connectivity index (χ4v) is 2.99. The fourth-order valence-electron chi connectivity index (χ4n) is 2.99. The summed E-state index contributed by atoms with van der Waals surface area (Å²) in [5.74, 6) is -0.754. The molecule has 3 unspecified atom stereocenters. The molecular formula is C12H20N2O2. The Morgan fingerprint density at radius 1 is 1.19 bits per heavy atom. The average molecular weight is 224 g/mol. The molecule has 0 bridgehead atoms. The molecule has 2 N–H and O–H groups in total. The van der Waals surface area contributed by atoms with E-state index in [2.05, 4.69) is 10.2 Å². The number of carbonyl (C=O) groups is 1. The molecule has 2 aliphatic carbocycles. The van der Waals surface area contributed by atoms with E-state index in [9.17, 15) is 4.79 Å². The van der Waals surface area contributed by atoms with Crippen LogP contribution in [0.5, 0.6) is 0 Å². The van der Waals surface area contributed by atoms with E-state index < -0.39 is 5.97 Å². The van der Waals surface area contributed by atoms with Crippen molar-refractivity contribution in [1.82, 2.24) is 10.2 Å². The molecule has 4 nitrogen and oxygen atoms in total. The van der Waals surface area contributed by atoms with Crippen molar-refractivity contribution in [2.24, 2.45) is 5.92 Å². The van der Waals surface area contributed by atoms with Crippen molar-refractivity contribution in [2.75, 3.05) is 13.1 Å². The molecule has 3 aliphatic rings. The van der Waals surface area contributed by atoms with Gasteiger partial charge in [0.25, 0.3) is 0 Å². The van der Waals surface area contributed by atoms with E-state index in [-0.39, 0.29) is 12.0 Å². The maximum absolute atomic E-state index is 10.9. The summed E-state index contributed by atoms with van der Waals surface area (Å²) in [5.41, 5.74) is 0. The summed E-state index contributed by atoms with van der Waals surface area (Å²) in [6, 6.07) is 1.62. The fraction of sp³-hybridized carbons (Fsp3) is 0.917. The first-order valence-corrected chi connectivity index (χ1v) is 6.47. The van der Waals surface area contributed by atoms with E-state index in [0.717, 1.165) is 25.4 Å². The molecule has 4 heteroatoms. The van der Waals surface area contributed by atoms with Gasteiger partial charge < -0.3 is 10.4 Å². The smallest absolute Gasteiger partial charge is 0.308 e. The Balaban J connectivity index is 1.47. The van der Waals surface area contributed by atoms with Gasteiger partial charge in [-0.05, 0) is 32.1 Å². The number of hydrogen-bond donors (Lipinski definition) is 2. The van der Waals surface area contributed by atoms with Crippen LogP contribution in [0.4, 0.5) is 0 Å². The molecule has 16 heavy (non-hydrogen) atoms. The molecule has 0 spiro atoms. The van der Waals surface area contributed by atoms with E-state index in [1.807, 2.05) is 0 Å². The Labute approximate surface area is 96.0 Å². The lowest BCUT2D eigenvalue weighted by molar-refractivity contribution is -0.146. The monoisotopic (exact) mass is 224 g/mol. The SMILES string of the molecule is O=C(O)C1CCC1NC1CCN(C2CC2)C1. The standard InChI is InChI=1S/C12H20N2O2/c15-12(16)10-3-4-11(10)13-8-5-6-14(7-8)9-1-2-9/h8-11,13H,1-7H2,(H,15,16). The highest BCUT2D eigenvalue weighted by atomic mass is 16.4. The number of likely N-dealkylation sites (tertiary alicyclic amines) is 1. The third-order valence-corrected chi connectivity index (χ3v) is 4.32. The van der Waals surface area contributed by atoms with Gasteiger partial charge in [0.05, 0.1) is 5.92 Å². The lowest BCUT2D eigenvalue weighted by Crippen LogP contribution is -2.52. The van der Waals surface area contributed by atoms with Gasteiger partial charge in [-0.15, -0.1) is 0 Å². The first kappa shape index (κ1) is 10.5. The van der Waals surface area contributed by atoms with Gasteiger partial charge in [0.1, 0.15) is 0 Å². The van der Waals surface area contributed by atoms with Gasteiger partial charge in [0.2, 0.25) is 0 Å². The summed E-state index contributed by atoms with van der Waals surface area (Å²) in [4.78, 5) is 13.5. The molecule has 3 atom stereocenters. The van der Waals surface area contributed by atoms with Crippen molar-refractivity contribution in [2.45, 2.75) is 50.2 Å². The zero-order valence-electron chi connectivity index (χ0n) is 9.56. The molecule has 2 saturated carbocycles. The number of hydrogen-bond acceptors (Lipinski definition) is 3. The Hall–Kier alpha value is -0.610. The zero-order valence-corrected chi connectivity index (χ0v) is 9.56. The van der Waals surface area contributed by atoms with Crippen molar-refractivity contribution in [3.05, 3.63) is 0 Å². The lowest BCUT2D eigenvalue weighted by atomic mass is 9.79. The molecule has 0 aromatic rings. The van der Waals surface area contributed by atoms with Gasteiger partial charge in [-0.3, -0.25) is 9.69 Å². The van der Waals surface area contributed by atoms with Crippen LogP contribution in [0.2, 0.25) is 0 Å². The first-order valence-electron chi connectivity index (χ1n) is 6.47. The maximum Gasteiger partial charge on any atom is 0.308 e. The van der Waals surface area contributed by atoms with E-state index >= 15 is 0 Å². The highest BCUT2D eigenvalue weighted by Gasteiger charge is 2.40. The van der Waals surface area contributed by atoms with Gasteiger partial charge in [0, 0.05) is 31.2 Å². The van der Waals surface area contributed by atoms with Crippen LogP contribution in [-0.4, -0.2) is 47.2 Å². The largest absolute Gasteiger partial charge is 0.481 e. The number of rotatable bonds is 4. The molecule has 1 saturated heterocycles. The van der Waals surface area contributed by atoms with Crippen molar-refractivity contribution >= 4 is 5.97 Å². The third-order valence-electron chi connectivity index (χ3n) is 4.32. The van der Waals surface area contributed by atoms with Crippen LogP contribution in [0.3, 0.4) is 0 Å². The Bertz CT molecular complexity index is 291. The highest BCUT2D eigenvalue weighted by molar-refractivity contribution is 5.72. The second-order valence-electron chi connectivity index (χ2n) is 5.51. The second-order valence-corrected chi connectivity index (χ2v) is 5.51. The van der Waals surface area contributed by atoms with Crippen LogP contribution in [0.25, 0.3) is 0 Å². The van der Waals surface area contributed by atoms with Crippen LogP contribution >= 0.6 is 0 Å². The third kappa shape index (κ3) is 1.96. The first-order chi connectivity index (χ1) is 7.74. The van der Waals surface area contributed by atoms with Crippen LogP contribution in [0.15, 0.2) is 0 Å². The maximum atomic E-state index is 10.9. The lowest BCUT2D eigenvalue weighted by Gasteiger charge is -2.36. The Morgan fingerprint density at radius 3 is 2.56 bits per heavy atom. The molecule has 3 fully saturated rings. The van der Waals surface area contributed by atoms with E-state index in [4.69, 9.17) is 5.11 Å². The predicted octanol–water partition coefficient (Wildman–Crippen LogP) is 0.676. The molecule has 1 heterocycles. The van der Waals surface area contributed by atoms with E-state index in [1.54, 1.807) is 0 Å². The van der Waals surface area contributed by atoms with Gasteiger partial charge in [0.15, 0.2) is 0 Å². The average Bonchev–Trinajstić information content (AvgIpc) is 2.93.